The summed E-state index contributed by atoms with van der Waals surface area (Å²) < 4.78 is 16.9. The van der Waals surface area contributed by atoms with E-state index >= 15 is 0 Å². The zero-order valence-corrected chi connectivity index (χ0v) is 18.0. The molecule has 4 aromatic rings. The Kier molecular flexibility index (Phi) is 5.53. The number of benzene rings is 2. The topological polar surface area (TPSA) is 81.7 Å². The Morgan fingerprint density at radius 3 is 2.75 bits per heavy atom. The van der Waals surface area contributed by atoms with Gasteiger partial charge in [-0.05, 0) is 43.4 Å². The number of nitrogens with one attached hydrogen (secondary N) is 1. The van der Waals surface area contributed by atoms with E-state index in [0.717, 1.165) is 46.9 Å². The molecule has 1 N–H and O–H groups in total. The van der Waals surface area contributed by atoms with Gasteiger partial charge in [0.2, 0.25) is 5.91 Å². The summed E-state index contributed by atoms with van der Waals surface area (Å²) in [6.45, 7) is 3.19. The van der Waals surface area contributed by atoms with Gasteiger partial charge in [0.25, 0.3) is 0 Å². The molecular formula is C26H25NO5. The lowest BCUT2D eigenvalue weighted by Crippen LogP contribution is -2.32. The summed E-state index contributed by atoms with van der Waals surface area (Å²) in [7, 11) is 0. The summed E-state index contributed by atoms with van der Waals surface area (Å²) in [5.41, 5.74) is 4.17. The van der Waals surface area contributed by atoms with Crippen molar-refractivity contribution < 1.29 is 18.4 Å². The minimum atomic E-state index is -0.406. The number of aryl methyl sites for hydroxylation is 1. The van der Waals surface area contributed by atoms with E-state index in [-0.39, 0.29) is 18.4 Å². The third kappa shape index (κ3) is 3.94. The zero-order chi connectivity index (χ0) is 22.1. The van der Waals surface area contributed by atoms with Crippen LogP contribution in [0.2, 0.25) is 0 Å². The van der Waals surface area contributed by atoms with E-state index < -0.39 is 5.63 Å². The molecule has 6 nitrogen and oxygen atoms in total. The Morgan fingerprint density at radius 1 is 1.12 bits per heavy atom. The average Bonchev–Trinajstić information content (AvgIpc) is 3.47. The molecule has 32 heavy (non-hydrogen) atoms. The number of fused-ring (bicyclic) bond motifs is 2. The van der Waals surface area contributed by atoms with Gasteiger partial charge >= 0.3 is 5.63 Å². The molecule has 0 radical (unpaired) electrons. The van der Waals surface area contributed by atoms with Crippen LogP contribution in [0, 0.1) is 6.92 Å². The first-order valence-corrected chi connectivity index (χ1v) is 11.0. The third-order valence-electron chi connectivity index (χ3n) is 6.22. The van der Waals surface area contributed by atoms with Crippen LogP contribution in [-0.4, -0.2) is 25.2 Å². The number of carbonyl (C=O) groups excluding carboxylic acids is 1. The van der Waals surface area contributed by atoms with E-state index in [1.165, 1.54) is 0 Å². The molecule has 6 heteroatoms. The van der Waals surface area contributed by atoms with Gasteiger partial charge in [-0.2, -0.15) is 0 Å². The Morgan fingerprint density at radius 2 is 1.97 bits per heavy atom. The molecule has 1 amide bonds. The largest absolute Gasteiger partial charge is 0.464 e. The first-order valence-electron chi connectivity index (χ1n) is 11.0. The second-order valence-electron chi connectivity index (χ2n) is 8.29. The standard InChI is InChI=1S/C26H25NO5/c1-16-19(9-10-25(28)27-14-18-8-5-11-30-18)26(29)32-24-13-23-21(12-20(16)24)22(15-31-23)17-6-3-2-4-7-17/h2-4,6-7,12-13,15,18H,5,8-11,14H2,1H3,(H,27,28). The summed E-state index contributed by atoms with van der Waals surface area (Å²) in [6, 6.07) is 13.8. The number of amides is 1. The molecule has 1 saturated heterocycles. The van der Waals surface area contributed by atoms with Crippen molar-refractivity contribution in [2.24, 2.45) is 0 Å². The van der Waals surface area contributed by atoms with Gasteiger partial charge < -0.3 is 18.9 Å². The first kappa shape index (κ1) is 20.5. The van der Waals surface area contributed by atoms with Crippen LogP contribution in [0.25, 0.3) is 33.1 Å². The molecule has 2 aromatic heterocycles. The van der Waals surface area contributed by atoms with Crippen LogP contribution in [0.5, 0.6) is 0 Å². The second kappa shape index (κ2) is 8.63. The second-order valence-corrected chi connectivity index (χ2v) is 8.29. The van der Waals surface area contributed by atoms with Gasteiger partial charge in [-0.25, -0.2) is 4.79 Å². The van der Waals surface area contributed by atoms with Crippen LogP contribution in [0.15, 0.2) is 62.4 Å². The maximum atomic E-state index is 12.6. The number of furan rings is 1. The molecule has 0 spiro atoms. The Balaban J connectivity index is 1.42. The first-order chi connectivity index (χ1) is 15.6. The van der Waals surface area contributed by atoms with Gasteiger partial charge in [-0.3, -0.25) is 4.79 Å². The van der Waals surface area contributed by atoms with Gasteiger partial charge in [-0.1, -0.05) is 30.3 Å². The molecule has 0 bridgehead atoms. The summed E-state index contributed by atoms with van der Waals surface area (Å²) in [5, 5.41) is 4.72. The highest BCUT2D eigenvalue weighted by molar-refractivity contribution is 6.02. The average molecular weight is 431 g/mol. The van der Waals surface area contributed by atoms with Crippen LogP contribution in [0.3, 0.4) is 0 Å². The highest BCUT2D eigenvalue weighted by atomic mass is 16.5. The van der Waals surface area contributed by atoms with E-state index in [1.807, 2.05) is 43.3 Å². The van der Waals surface area contributed by atoms with Crippen molar-refractivity contribution in [2.45, 2.75) is 38.7 Å². The molecule has 1 fully saturated rings. The van der Waals surface area contributed by atoms with Crippen molar-refractivity contribution in [2.75, 3.05) is 13.2 Å². The number of ether oxygens (including phenoxy) is 1. The molecule has 2 aromatic carbocycles. The fourth-order valence-electron chi connectivity index (χ4n) is 4.40. The van der Waals surface area contributed by atoms with Gasteiger partial charge in [0.05, 0.1) is 12.4 Å². The number of carbonyl (C=O) groups is 1. The SMILES string of the molecule is Cc1c(CCC(=O)NCC2CCCO2)c(=O)oc2cc3occ(-c4ccccc4)c3cc12. The van der Waals surface area contributed by atoms with Crippen LogP contribution < -0.4 is 10.9 Å². The predicted octanol–water partition coefficient (Wildman–Crippen LogP) is 4.74. The lowest BCUT2D eigenvalue weighted by Gasteiger charge is -2.11. The molecular weight excluding hydrogens is 406 g/mol. The number of hydrogen-bond acceptors (Lipinski definition) is 5. The van der Waals surface area contributed by atoms with Gasteiger partial charge in [-0.15, -0.1) is 0 Å². The van der Waals surface area contributed by atoms with Crippen LogP contribution in [0.4, 0.5) is 0 Å². The molecule has 5 rings (SSSR count). The monoisotopic (exact) mass is 431 g/mol. The lowest BCUT2D eigenvalue weighted by molar-refractivity contribution is -0.121. The van der Waals surface area contributed by atoms with Crippen molar-refractivity contribution in [1.29, 1.82) is 0 Å². The van der Waals surface area contributed by atoms with Crippen molar-refractivity contribution >= 4 is 27.8 Å². The molecule has 164 valence electrons. The van der Waals surface area contributed by atoms with E-state index in [0.29, 0.717) is 29.7 Å². The van der Waals surface area contributed by atoms with Crippen molar-refractivity contribution in [3.8, 4) is 11.1 Å². The smallest absolute Gasteiger partial charge is 0.339 e. The quantitative estimate of drug-likeness (QED) is 0.446. The number of rotatable bonds is 6. The number of hydrogen-bond donors (Lipinski definition) is 1. The fraction of sp³-hybridized carbons (Fsp3) is 0.308. The molecule has 1 unspecified atom stereocenters. The molecule has 1 aliphatic rings. The Hall–Kier alpha value is -3.38. The molecule has 0 saturated carbocycles. The zero-order valence-electron chi connectivity index (χ0n) is 18.0. The highest BCUT2D eigenvalue weighted by Crippen LogP contribution is 2.34. The van der Waals surface area contributed by atoms with Gasteiger partial charge in [0, 0.05) is 47.5 Å². The van der Waals surface area contributed by atoms with Gasteiger partial charge in [0.1, 0.15) is 11.2 Å². The Labute approximate surface area is 185 Å². The van der Waals surface area contributed by atoms with Crippen molar-refractivity contribution in [3.05, 3.63) is 70.3 Å². The van der Waals surface area contributed by atoms with E-state index in [2.05, 4.69) is 5.32 Å². The highest BCUT2D eigenvalue weighted by Gasteiger charge is 2.18. The minimum absolute atomic E-state index is 0.0870. The molecule has 1 atom stereocenters. The van der Waals surface area contributed by atoms with E-state index in [9.17, 15) is 9.59 Å². The van der Waals surface area contributed by atoms with E-state index in [4.69, 9.17) is 13.6 Å². The third-order valence-corrected chi connectivity index (χ3v) is 6.22. The fourth-order valence-corrected chi connectivity index (χ4v) is 4.40. The summed E-state index contributed by atoms with van der Waals surface area (Å²) in [6.07, 6.45) is 4.40. The van der Waals surface area contributed by atoms with Crippen LogP contribution >= 0.6 is 0 Å². The van der Waals surface area contributed by atoms with E-state index in [1.54, 1.807) is 12.3 Å². The maximum Gasteiger partial charge on any atom is 0.339 e. The summed E-state index contributed by atoms with van der Waals surface area (Å²) in [5.74, 6) is -0.0870. The summed E-state index contributed by atoms with van der Waals surface area (Å²) >= 11 is 0. The Bertz CT molecular complexity index is 1330. The van der Waals surface area contributed by atoms with Gasteiger partial charge in [0.15, 0.2) is 0 Å². The van der Waals surface area contributed by atoms with Crippen LogP contribution in [0.1, 0.15) is 30.4 Å². The van der Waals surface area contributed by atoms with Crippen LogP contribution in [-0.2, 0) is 16.0 Å². The predicted molar refractivity (Wildman–Crippen MR) is 123 cm³/mol. The lowest BCUT2D eigenvalue weighted by atomic mass is 9.99. The molecule has 0 aliphatic carbocycles. The molecule has 3 heterocycles. The van der Waals surface area contributed by atoms with Crippen molar-refractivity contribution in [3.63, 3.8) is 0 Å². The van der Waals surface area contributed by atoms with Crippen molar-refractivity contribution in [1.82, 2.24) is 5.32 Å². The molecule has 1 aliphatic heterocycles. The minimum Gasteiger partial charge on any atom is -0.464 e. The normalized spacial score (nSPS) is 16.1. The summed E-state index contributed by atoms with van der Waals surface area (Å²) in [4.78, 5) is 24.9. The maximum absolute atomic E-state index is 12.6.